The zero-order valence-corrected chi connectivity index (χ0v) is 24.5. The average molecular weight is 709 g/mol. The Bertz CT molecular complexity index is 919. The van der Waals surface area contributed by atoms with Gasteiger partial charge < -0.3 is 34.7 Å². The van der Waals surface area contributed by atoms with Crippen molar-refractivity contribution in [3.05, 3.63) is 31.6 Å². The van der Waals surface area contributed by atoms with Gasteiger partial charge in [-0.2, -0.15) is 0 Å². The Morgan fingerprint density at radius 3 is 0.524 bits per heavy atom. The molecule has 0 bridgehead atoms. The van der Waals surface area contributed by atoms with Crippen LogP contribution >= 0.6 is 0 Å². The van der Waals surface area contributed by atoms with Gasteiger partial charge in [0.15, 0.2) is 31.6 Å². The van der Waals surface area contributed by atoms with Gasteiger partial charge in [0.1, 0.15) is 0 Å². The van der Waals surface area contributed by atoms with Gasteiger partial charge in [-0.05, 0) is 26.1 Å². The zero-order chi connectivity index (χ0) is 31.0. The van der Waals surface area contributed by atoms with Gasteiger partial charge in [0.05, 0.1) is 0 Å². The summed E-state index contributed by atoms with van der Waals surface area (Å²) >= 11 is 0. The van der Waals surface area contributed by atoms with E-state index >= 15 is 0 Å². The van der Waals surface area contributed by atoms with Crippen LogP contribution in [0.15, 0.2) is 31.6 Å². The van der Waals surface area contributed by atoms with Crippen molar-refractivity contribution in [1.82, 2.24) is 102 Å². The smallest absolute Gasteiger partial charge is 0.457 e. The summed E-state index contributed by atoms with van der Waals surface area (Å²) in [5.74, 6) is 24.5. The van der Waals surface area contributed by atoms with Crippen LogP contribution in [0.5, 0.6) is 0 Å². The van der Waals surface area contributed by atoms with E-state index in [1.807, 2.05) is 0 Å². The number of halogens is 2. The van der Waals surface area contributed by atoms with Gasteiger partial charge in [-0.1, -0.05) is 24.5 Å². The molecule has 232 valence electrons. The van der Waals surface area contributed by atoms with Gasteiger partial charge in [-0.15, -0.1) is 71.5 Å². The quantitative estimate of drug-likeness (QED) is 0.0566. The standard InChI is InChI=1S/5CH3N5.2ClHO4.H2O.Zn/c5*2-6-4-1-3-5-6;2*2-1(3,4)5;;/h5*1H,2H2;2*(H,2,3,4,5);1H2;/q;;;;;;;;+2/p-1. The second kappa shape index (κ2) is 25.2. The third kappa shape index (κ3) is 45.1. The third-order valence-electron chi connectivity index (χ3n) is 1.82. The van der Waals surface area contributed by atoms with Crippen LogP contribution < -0.4 is 66.5 Å². The van der Waals surface area contributed by atoms with E-state index in [0.717, 1.165) is 24.5 Å². The molecule has 5 aromatic heterocycles. The fourth-order valence-corrected chi connectivity index (χ4v) is 0.875. The van der Waals surface area contributed by atoms with Gasteiger partial charge >= 0.3 is 19.5 Å². The fraction of sp³-hybridized carbons (Fsp3) is 0. The second-order valence-corrected chi connectivity index (χ2v) is 6.05. The molecule has 0 saturated carbocycles. The normalized spacial score (nSPS) is 9.05. The zero-order valence-electron chi connectivity index (χ0n) is 20.0. The van der Waals surface area contributed by atoms with E-state index in [1.165, 1.54) is 31.6 Å². The van der Waals surface area contributed by atoms with Crippen molar-refractivity contribution in [3.8, 4) is 0 Å². The monoisotopic (exact) mass is 706 g/mol. The van der Waals surface area contributed by atoms with Crippen LogP contribution in [0.2, 0.25) is 0 Å². The van der Waals surface area contributed by atoms with Crippen LogP contribution in [0.4, 0.5) is 0 Å². The summed E-state index contributed by atoms with van der Waals surface area (Å²) in [6.45, 7) is 0. The molecule has 0 aliphatic heterocycles. The number of rotatable bonds is 0. The minimum Gasteiger partial charge on any atom is -0.457 e. The second-order valence-electron chi connectivity index (χ2n) is 4.54. The fourth-order valence-electron chi connectivity index (χ4n) is 0.875. The minimum atomic E-state index is -4.94. The average Bonchev–Trinajstić information content (AvgIpc) is 3.60. The maximum Gasteiger partial charge on any atom is 2.00 e. The SMILES string of the molecule is Nn1ncnn1.Nn1ncnn1.Nn1ncnn1.Nn1ncnn1.Nn1ncnn1.[O-][Cl+3]([O-])([O-])[O-].[O-][Cl+3]([O-])([O-])[O-].[OH3+].[Zn+2]. The van der Waals surface area contributed by atoms with Gasteiger partial charge in [-0.3, -0.25) is 0 Å². The summed E-state index contributed by atoms with van der Waals surface area (Å²) in [5, 5.41) is 49.7. The number of hydrogen-bond acceptors (Lipinski definition) is 28. The van der Waals surface area contributed by atoms with Gasteiger partial charge in [0, 0.05) is 0 Å². The molecule has 13 N–H and O–H groups in total. The van der Waals surface area contributed by atoms with Gasteiger partial charge in [0.25, 0.3) is 0 Å². The first-order valence-corrected chi connectivity index (χ1v) is 10.6. The van der Waals surface area contributed by atoms with Crippen molar-refractivity contribution in [3.63, 3.8) is 0 Å². The predicted octanol–water partition coefficient (Wildman–Crippen LogP) is -18.5. The Morgan fingerprint density at radius 1 is 0.381 bits per heavy atom. The number of aromatic nitrogens is 20. The van der Waals surface area contributed by atoms with Crippen molar-refractivity contribution >= 4 is 0 Å². The first-order valence-electron chi connectivity index (χ1n) is 8.11. The molecular formula is C5H18Cl2N25O9Zn+. The molecule has 0 spiro atoms. The van der Waals surface area contributed by atoms with Crippen molar-refractivity contribution in [1.29, 1.82) is 0 Å². The predicted molar refractivity (Wildman–Crippen MR) is 94.7 cm³/mol. The summed E-state index contributed by atoms with van der Waals surface area (Å²) in [4.78, 5) is 4.44. The number of hydrogen-bond donors (Lipinski definition) is 5. The van der Waals surface area contributed by atoms with Crippen LogP contribution in [0, 0.1) is 20.5 Å². The van der Waals surface area contributed by atoms with E-state index in [1.54, 1.807) is 0 Å². The Morgan fingerprint density at radius 2 is 0.500 bits per heavy atom. The van der Waals surface area contributed by atoms with E-state index < -0.39 is 20.5 Å². The number of tetrazole rings is 5. The molecular weight excluding hydrogens is 691 g/mol. The van der Waals surface area contributed by atoms with Crippen LogP contribution in [0.3, 0.4) is 0 Å². The Kier molecular flexibility index (Phi) is 26.5. The molecule has 0 amide bonds. The van der Waals surface area contributed by atoms with E-state index in [9.17, 15) is 0 Å². The number of nitrogens with zero attached hydrogens (tertiary/aromatic N) is 20. The largest absolute Gasteiger partial charge is 2.00 e. The number of nitrogens with two attached hydrogens (primary N) is 5. The Labute approximate surface area is 245 Å². The summed E-state index contributed by atoms with van der Waals surface area (Å²) < 4.78 is 67.9. The molecule has 0 atom stereocenters. The molecule has 37 heteroatoms. The van der Waals surface area contributed by atoms with E-state index in [0.29, 0.717) is 0 Å². The maximum absolute atomic E-state index is 8.49. The summed E-state index contributed by atoms with van der Waals surface area (Å²) in [7, 11) is -9.89. The summed E-state index contributed by atoms with van der Waals surface area (Å²) in [6.07, 6.45) is 6.32. The first-order chi connectivity index (χ1) is 18.5. The van der Waals surface area contributed by atoms with E-state index in [-0.39, 0.29) is 25.0 Å². The third-order valence-corrected chi connectivity index (χ3v) is 1.82. The van der Waals surface area contributed by atoms with Crippen molar-refractivity contribution in [2.45, 2.75) is 0 Å². The number of nitrogen functional groups attached to an aromatic ring is 5. The molecule has 5 rings (SSSR count). The van der Waals surface area contributed by atoms with E-state index in [2.05, 4.69) is 77.1 Å². The molecule has 0 fully saturated rings. The molecule has 5 heterocycles. The van der Waals surface area contributed by atoms with Crippen LogP contribution in [-0.4, -0.2) is 102 Å². The van der Waals surface area contributed by atoms with Crippen LogP contribution in [0.1, 0.15) is 0 Å². The van der Waals surface area contributed by atoms with Crippen LogP contribution in [0.25, 0.3) is 0 Å². The molecule has 34 nitrogen and oxygen atoms in total. The van der Waals surface area contributed by atoms with Gasteiger partial charge in [-0.25, -0.2) is 37.3 Å². The molecule has 42 heavy (non-hydrogen) atoms. The molecule has 0 saturated heterocycles. The minimum absolute atomic E-state index is 0. The van der Waals surface area contributed by atoms with Crippen molar-refractivity contribution < 1.29 is 82.7 Å². The van der Waals surface area contributed by atoms with E-state index in [4.69, 9.17) is 66.5 Å². The Hall–Kier alpha value is -4.81. The van der Waals surface area contributed by atoms with Gasteiger partial charge in [0.2, 0.25) is 0 Å². The molecule has 5 aromatic rings. The molecule has 0 radical (unpaired) electrons. The summed E-state index contributed by atoms with van der Waals surface area (Å²) in [5.41, 5.74) is 0. The topological polar surface area (TPSA) is 566 Å². The molecule has 0 aromatic carbocycles. The maximum atomic E-state index is 8.49. The molecule has 0 unspecified atom stereocenters. The summed E-state index contributed by atoms with van der Waals surface area (Å²) in [6, 6.07) is 0. The Balaban J connectivity index is -0.000000199. The van der Waals surface area contributed by atoms with Crippen molar-refractivity contribution in [2.75, 3.05) is 29.2 Å². The van der Waals surface area contributed by atoms with Crippen molar-refractivity contribution in [2.24, 2.45) is 0 Å². The first kappa shape index (κ1) is 44.2. The molecule has 0 aliphatic carbocycles. The molecule has 0 aliphatic rings. The van der Waals surface area contributed by atoms with Crippen LogP contribution in [-0.2, 0) is 25.0 Å².